The van der Waals surface area contributed by atoms with Gasteiger partial charge in [0.05, 0.1) is 23.1 Å². The third-order valence-electron chi connectivity index (χ3n) is 4.86. The molecule has 0 N–H and O–H groups in total. The van der Waals surface area contributed by atoms with Gasteiger partial charge in [0, 0.05) is 0 Å². The van der Waals surface area contributed by atoms with Crippen molar-refractivity contribution in [2.75, 3.05) is 5.01 Å². The van der Waals surface area contributed by atoms with E-state index in [0.717, 1.165) is 35.6 Å². The summed E-state index contributed by atoms with van der Waals surface area (Å²) >= 11 is 0. The van der Waals surface area contributed by atoms with Crippen LogP contribution in [0, 0.1) is 0 Å². The van der Waals surface area contributed by atoms with Gasteiger partial charge in [-0.1, -0.05) is 30.3 Å². The molecule has 0 bridgehead atoms. The van der Waals surface area contributed by atoms with E-state index in [-0.39, 0.29) is 5.91 Å². The highest BCUT2D eigenvalue weighted by atomic mass is 16.5. The van der Waals surface area contributed by atoms with Crippen LogP contribution in [0.5, 0.6) is 5.75 Å². The smallest absolute Gasteiger partial charge is 0.280 e. The Balaban J connectivity index is 1.51. The Morgan fingerprint density at radius 2 is 1.73 bits per heavy atom. The number of hydrogen-bond donors (Lipinski definition) is 0. The molecule has 132 valence electrons. The predicted octanol–water partition coefficient (Wildman–Crippen LogP) is 4.81. The number of nitrogens with zero attached hydrogens (tertiary/aromatic N) is 2. The molecule has 4 rings (SSSR count). The Labute approximate surface area is 153 Å². The number of ether oxygens (including phenoxy) is 1. The first-order valence-electron chi connectivity index (χ1n) is 9.14. The summed E-state index contributed by atoms with van der Waals surface area (Å²) in [6, 6.07) is 17.4. The molecule has 0 aromatic heterocycles. The molecule has 4 heteroatoms. The van der Waals surface area contributed by atoms with Gasteiger partial charge in [0.15, 0.2) is 0 Å². The van der Waals surface area contributed by atoms with Crippen LogP contribution < -0.4 is 9.75 Å². The van der Waals surface area contributed by atoms with Crippen molar-refractivity contribution in [2.45, 2.75) is 38.7 Å². The zero-order valence-electron chi connectivity index (χ0n) is 14.9. The molecule has 26 heavy (non-hydrogen) atoms. The van der Waals surface area contributed by atoms with Gasteiger partial charge in [0.1, 0.15) is 5.75 Å². The minimum atomic E-state index is -0.0972. The number of para-hydroxylation sites is 1. The van der Waals surface area contributed by atoms with E-state index < -0.39 is 0 Å². The van der Waals surface area contributed by atoms with Crippen LogP contribution >= 0.6 is 0 Å². The number of hydrogen-bond acceptors (Lipinski definition) is 3. The summed E-state index contributed by atoms with van der Waals surface area (Å²) in [4.78, 5) is 12.7. The van der Waals surface area contributed by atoms with Crippen LogP contribution in [-0.4, -0.2) is 17.7 Å². The second-order valence-electron chi connectivity index (χ2n) is 6.79. The lowest BCUT2D eigenvalue weighted by molar-refractivity contribution is -0.114. The van der Waals surface area contributed by atoms with Gasteiger partial charge in [-0.3, -0.25) is 4.79 Å². The van der Waals surface area contributed by atoms with Crippen LogP contribution in [-0.2, 0) is 4.79 Å². The van der Waals surface area contributed by atoms with Gasteiger partial charge in [-0.2, -0.15) is 10.1 Å². The Kier molecular flexibility index (Phi) is 4.57. The number of amides is 1. The number of carbonyl (C=O) groups is 1. The first kappa shape index (κ1) is 16.6. The van der Waals surface area contributed by atoms with Gasteiger partial charge in [-0.05, 0) is 68.5 Å². The summed E-state index contributed by atoms with van der Waals surface area (Å²) < 4.78 is 6.00. The highest BCUT2D eigenvalue weighted by molar-refractivity contribution is 6.32. The first-order chi connectivity index (χ1) is 12.7. The lowest BCUT2D eigenvalue weighted by Crippen LogP contribution is -2.21. The van der Waals surface area contributed by atoms with Crippen molar-refractivity contribution in [2.24, 2.45) is 5.10 Å². The maximum absolute atomic E-state index is 12.7. The number of rotatable bonds is 4. The van der Waals surface area contributed by atoms with E-state index in [0.29, 0.717) is 11.7 Å². The third kappa shape index (κ3) is 3.40. The molecule has 0 saturated heterocycles. The van der Waals surface area contributed by atoms with E-state index in [1.807, 2.05) is 67.6 Å². The lowest BCUT2D eigenvalue weighted by Gasteiger charge is -2.13. The summed E-state index contributed by atoms with van der Waals surface area (Å²) in [5.74, 6) is 0.799. The van der Waals surface area contributed by atoms with Crippen LogP contribution in [0.4, 0.5) is 5.69 Å². The molecule has 2 aromatic rings. The van der Waals surface area contributed by atoms with Gasteiger partial charge in [-0.15, -0.1) is 0 Å². The molecule has 0 radical (unpaired) electrons. The maximum Gasteiger partial charge on any atom is 0.280 e. The van der Waals surface area contributed by atoms with Crippen molar-refractivity contribution >= 4 is 23.4 Å². The van der Waals surface area contributed by atoms with Gasteiger partial charge in [0.25, 0.3) is 5.91 Å². The van der Waals surface area contributed by atoms with E-state index in [4.69, 9.17) is 4.74 Å². The molecule has 2 aliphatic rings. The second-order valence-corrected chi connectivity index (χ2v) is 6.79. The van der Waals surface area contributed by atoms with Crippen molar-refractivity contribution in [3.63, 3.8) is 0 Å². The normalized spacial score (nSPS) is 19.3. The highest BCUT2D eigenvalue weighted by Gasteiger charge is 2.28. The Morgan fingerprint density at radius 3 is 2.42 bits per heavy atom. The highest BCUT2D eigenvalue weighted by Crippen LogP contribution is 2.27. The number of benzene rings is 2. The lowest BCUT2D eigenvalue weighted by atomic mass is 10.1. The molecule has 2 aromatic carbocycles. The molecule has 4 nitrogen and oxygen atoms in total. The molecular formula is C22H22N2O2. The Hall–Kier alpha value is -2.88. The maximum atomic E-state index is 12.7. The van der Waals surface area contributed by atoms with Crippen molar-refractivity contribution in [1.29, 1.82) is 0 Å². The molecular weight excluding hydrogens is 324 g/mol. The summed E-state index contributed by atoms with van der Waals surface area (Å²) in [6.45, 7) is 1.87. The zero-order valence-corrected chi connectivity index (χ0v) is 14.9. The quantitative estimate of drug-likeness (QED) is 0.745. The fraction of sp³-hybridized carbons (Fsp3) is 0.273. The molecule has 0 unspecified atom stereocenters. The van der Waals surface area contributed by atoms with Crippen molar-refractivity contribution in [3.8, 4) is 5.75 Å². The molecule has 1 heterocycles. The van der Waals surface area contributed by atoms with Crippen LogP contribution in [0.25, 0.3) is 6.08 Å². The molecule has 1 aliphatic carbocycles. The van der Waals surface area contributed by atoms with Crippen LogP contribution in [0.1, 0.15) is 38.2 Å². The summed E-state index contributed by atoms with van der Waals surface area (Å²) in [5.41, 5.74) is 3.10. The van der Waals surface area contributed by atoms with E-state index in [9.17, 15) is 4.79 Å². The van der Waals surface area contributed by atoms with E-state index in [2.05, 4.69) is 5.10 Å². The Bertz CT molecular complexity index is 847. The minimum absolute atomic E-state index is 0.0972. The van der Waals surface area contributed by atoms with Crippen LogP contribution in [0.15, 0.2) is 65.3 Å². The van der Waals surface area contributed by atoms with E-state index >= 15 is 0 Å². The van der Waals surface area contributed by atoms with Crippen molar-refractivity contribution < 1.29 is 9.53 Å². The molecule has 1 saturated carbocycles. The predicted molar refractivity (Wildman–Crippen MR) is 104 cm³/mol. The molecule has 1 amide bonds. The van der Waals surface area contributed by atoms with Gasteiger partial charge < -0.3 is 4.74 Å². The van der Waals surface area contributed by atoms with Crippen molar-refractivity contribution in [3.05, 3.63) is 65.7 Å². The van der Waals surface area contributed by atoms with Gasteiger partial charge >= 0.3 is 0 Å². The molecule has 0 atom stereocenters. The van der Waals surface area contributed by atoms with E-state index in [1.165, 1.54) is 17.9 Å². The molecule has 0 spiro atoms. The second kappa shape index (κ2) is 7.16. The SMILES string of the molecule is CC1=NN(c2ccccc2)C(=O)/C1=C\c1ccc(OC2CCCC2)cc1. The third-order valence-corrected chi connectivity index (χ3v) is 4.86. The topological polar surface area (TPSA) is 41.9 Å². The number of anilines is 1. The molecule has 1 aliphatic heterocycles. The fourth-order valence-electron chi connectivity index (χ4n) is 3.44. The number of hydrazone groups is 1. The molecule has 1 fully saturated rings. The largest absolute Gasteiger partial charge is 0.490 e. The average Bonchev–Trinajstić information content (AvgIpc) is 3.27. The summed E-state index contributed by atoms with van der Waals surface area (Å²) in [7, 11) is 0. The Morgan fingerprint density at radius 1 is 1.04 bits per heavy atom. The minimum Gasteiger partial charge on any atom is -0.490 e. The van der Waals surface area contributed by atoms with Crippen LogP contribution in [0.3, 0.4) is 0 Å². The average molecular weight is 346 g/mol. The summed E-state index contributed by atoms with van der Waals surface area (Å²) in [6.07, 6.45) is 7.05. The fourth-order valence-corrected chi connectivity index (χ4v) is 3.44. The summed E-state index contributed by atoms with van der Waals surface area (Å²) in [5, 5.41) is 5.87. The standard InChI is InChI=1S/C22H22N2O2/c1-16-21(22(25)24(23-16)18-7-3-2-4-8-18)15-17-11-13-20(14-12-17)26-19-9-5-6-10-19/h2-4,7-8,11-15,19H,5-6,9-10H2,1H3/b21-15-. The van der Waals surface area contributed by atoms with Crippen molar-refractivity contribution in [1.82, 2.24) is 0 Å². The van der Waals surface area contributed by atoms with Gasteiger partial charge in [0.2, 0.25) is 0 Å². The number of carbonyl (C=O) groups excluding carboxylic acids is 1. The zero-order chi connectivity index (χ0) is 17.9. The van der Waals surface area contributed by atoms with Crippen LogP contribution in [0.2, 0.25) is 0 Å². The monoisotopic (exact) mass is 346 g/mol. The first-order valence-corrected chi connectivity index (χ1v) is 9.14. The van der Waals surface area contributed by atoms with Gasteiger partial charge in [-0.25, -0.2) is 0 Å². The van der Waals surface area contributed by atoms with E-state index in [1.54, 1.807) is 0 Å².